The van der Waals surface area contributed by atoms with Gasteiger partial charge in [0, 0.05) is 36.7 Å². The van der Waals surface area contributed by atoms with E-state index in [4.69, 9.17) is 9.47 Å². The number of aliphatic hydroxyl groups is 1. The van der Waals surface area contributed by atoms with Gasteiger partial charge in [0.15, 0.2) is 0 Å². The van der Waals surface area contributed by atoms with E-state index in [1.807, 2.05) is 72.8 Å². The molecule has 12 nitrogen and oxygen atoms in total. The maximum atomic E-state index is 13.2. The van der Waals surface area contributed by atoms with Crippen molar-refractivity contribution in [1.82, 2.24) is 25.8 Å². The molecule has 12 heteroatoms. The van der Waals surface area contributed by atoms with Gasteiger partial charge in [0.25, 0.3) is 5.91 Å². The number of piperidine rings is 3. The zero-order valence-corrected chi connectivity index (χ0v) is 31.3. The second-order valence-electron chi connectivity index (χ2n) is 14.6. The van der Waals surface area contributed by atoms with Gasteiger partial charge in [-0.15, -0.1) is 0 Å². The van der Waals surface area contributed by atoms with E-state index in [0.717, 1.165) is 62.0 Å². The van der Waals surface area contributed by atoms with Crippen molar-refractivity contribution >= 4 is 22.9 Å². The average Bonchev–Trinajstić information content (AvgIpc) is 3.23. The lowest BCUT2D eigenvalue weighted by Crippen LogP contribution is -2.52. The smallest absolute Gasteiger partial charge is 0.408 e. The van der Waals surface area contributed by atoms with Gasteiger partial charge in [0.2, 0.25) is 5.56 Å². The first kappa shape index (κ1) is 38.6. The van der Waals surface area contributed by atoms with Crippen molar-refractivity contribution < 1.29 is 29.3 Å². The number of H-pyrrole nitrogens is 1. The number of hydrogen-bond acceptors (Lipinski definition) is 9. The summed E-state index contributed by atoms with van der Waals surface area (Å²) in [6.07, 6.45) is 2.31. The zero-order valence-electron chi connectivity index (χ0n) is 31.3. The minimum absolute atomic E-state index is 0.0489. The molecule has 0 saturated carbocycles. The molecule has 1 aromatic heterocycles. The third-order valence-electron chi connectivity index (χ3n) is 10.7. The number of hydrogen-bond donors (Lipinski definition) is 6. The molecule has 1 unspecified atom stereocenters. The van der Waals surface area contributed by atoms with Crippen LogP contribution in [0, 0.1) is 5.92 Å². The van der Waals surface area contributed by atoms with E-state index < -0.39 is 18.2 Å². The molecule has 292 valence electrons. The number of aliphatic hydroxyl groups excluding tert-OH is 1. The average molecular weight is 760 g/mol. The lowest BCUT2D eigenvalue weighted by atomic mass is 9.86. The molecule has 5 aromatic rings. The van der Waals surface area contributed by atoms with Crippen molar-refractivity contribution in [3.05, 3.63) is 141 Å². The summed E-state index contributed by atoms with van der Waals surface area (Å²) >= 11 is 0. The lowest BCUT2D eigenvalue weighted by Gasteiger charge is -2.43. The van der Waals surface area contributed by atoms with Crippen LogP contribution in [0.1, 0.15) is 70.4 Å². The molecule has 3 atom stereocenters. The first-order chi connectivity index (χ1) is 27.3. The summed E-state index contributed by atoms with van der Waals surface area (Å²) in [4.78, 5) is 42.9. The summed E-state index contributed by atoms with van der Waals surface area (Å²) in [6, 6.07) is 30.5. The zero-order chi connectivity index (χ0) is 38.9. The monoisotopic (exact) mass is 759 g/mol. The number of aromatic amines is 1. The van der Waals surface area contributed by atoms with Crippen LogP contribution in [0.5, 0.6) is 11.5 Å². The number of carbonyl (C=O) groups excluding carboxylic acids is 2. The molecule has 6 N–H and O–H groups in total. The van der Waals surface area contributed by atoms with Crippen LogP contribution in [0.15, 0.2) is 108 Å². The summed E-state index contributed by atoms with van der Waals surface area (Å²) in [7, 11) is 0. The molecule has 0 aliphatic carbocycles. The number of phenols is 1. The highest BCUT2D eigenvalue weighted by atomic mass is 16.6. The Morgan fingerprint density at radius 2 is 1.66 bits per heavy atom. The van der Waals surface area contributed by atoms with Crippen LogP contribution in [0.4, 0.5) is 4.79 Å². The number of unbranched alkanes of at least 4 members (excludes halogenated alkanes) is 1. The third kappa shape index (κ3) is 9.75. The van der Waals surface area contributed by atoms with Gasteiger partial charge in [-0.3, -0.25) is 14.5 Å². The normalized spacial score (nSPS) is 18.6. The molecule has 0 spiro atoms. The summed E-state index contributed by atoms with van der Waals surface area (Å²) < 4.78 is 12.2. The van der Waals surface area contributed by atoms with Gasteiger partial charge in [-0.1, -0.05) is 60.7 Å². The molecule has 3 saturated heterocycles. The van der Waals surface area contributed by atoms with Gasteiger partial charge in [-0.2, -0.15) is 0 Å². The largest absolute Gasteiger partial charge is 0.506 e. The fourth-order valence-corrected chi connectivity index (χ4v) is 7.67. The lowest BCUT2D eigenvalue weighted by molar-refractivity contribution is -0.0336. The third-order valence-corrected chi connectivity index (χ3v) is 10.7. The van der Waals surface area contributed by atoms with Crippen LogP contribution >= 0.6 is 0 Å². The molecular weight excluding hydrogens is 711 g/mol. The quantitative estimate of drug-likeness (QED) is 0.0708. The number of rotatable bonds is 16. The number of aromatic hydroxyl groups is 1. The second kappa shape index (κ2) is 18.3. The minimum Gasteiger partial charge on any atom is -0.506 e. The van der Waals surface area contributed by atoms with E-state index in [0.29, 0.717) is 53.3 Å². The van der Waals surface area contributed by atoms with Crippen LogP contribution in [0.2, 0.25) is 0 Å². The fraction of sp³-hybridized carbons (Fsp3) is 0.341. The maximum Gasteiger partial charge on any atom is 0.408 e. The van der Waals surface area contributed by atoms with Crippen molar-refractivity contribution in [1.29, 1.82) is 0 Å². The van der Waals surface area contributed by atoms with Gasteiger partial charge >= 0.3 is 6.09 Å². The molecule has 0 radical (unpaired) electrons. The van der Waals surface area contributed by atoms with E-state index >= 15 is 0 Å². The summed E-state index contributed by atoms with van der Waals surface area (Å²) in [6.45, 7) is 4.63. The Balaban J connectivity index is 0.866. The minimum atomic E-state index is -0.831. The van der Waals surface area contributed by atoms with Gasteiger partial charge in [-0.05, 0) is 110 Å². The van der Waals surface area contributed by atoms with Crippen LogP contribution < -0.4 is 26.2 Å². The second-order valence-corrected chi connectivity index (χ2v) is 14.6. The topological polar surface area (TPSA) is 165 Å². The number of nitrogens with one attached hydrogen (secondary N) is 4. The Labute approximate surface area is 325 Å². The SMILES string of the molecule is O=C(NC(c1ccccc1)c1cccc(OCc2cccc(C(=O)NCCCCNC[C@@H](O)c3ccc(O)c4[nH]c(=O)ccc34)c2)c1)O[C@H]1CN2CCC1CC2. The Bertz CT molecular complexity index is 2170. The number of alkyl carbamates (subject to hydrolysis) is 1. The Morgan fingerprint density at radius 1 is 0.875 bits per heavy atom. The molecule has 4 heterocycles. The number of nitrogens with zero attached hydrogens (tertiary/aromatic N) is 1. The van der Waals surface area contributed by atoms with E-state index in [2.05, 4.69) is 25.8 Å². The molecule has 3 fully saturated rings. The number of carbonyl (C=O) groups is 2. The summed E-state index contributed by atoms with van der Waals surface area (Å²) in [5, 5.41) is 30.8. The van der Waals surface area contributed by atoms with Crippen molar-refractivity contribution in [2.24, 2.45) is 5.92 Å². The number of fused-ring (bicyclic) bond motifs is 4. The number of aromatic nitrogens is 1. The van der Waals surface area contributed by atoms with Crippen molar-refractivity contribution in [2.45, 2.75) is 50.5 Å². The Hall–Kier alpha value is -5.69. The standard InChI is InChI=1S/C44H49N5O7/c50-37-16-14-35(36-15-17-40(52)47-42(36)37)38(51)26-45-20-4-5-21-46-43(53)33-12-6-8-29(24-33)28-55-34-13-7-11-32(25-34)41(31-9-2-1-3-10-31)48-44(54)56-39-27-49-22-18-30(39)19-23-49/h1-3,6-17,24-25,30,38-39,41,45,50-51H,4-5,18-23,26-28H2,(H,46,53)(H,47,52)(H,48,54)/t38-,39+,41?/m1/s1. The van der Waals surface area contributed by atoms with E-state index in [1.54, 1.807) is 18.2 Å². The highest BCUT2D eigenvalue weighted by Crippen LogP contribution is 2.31. The molecular formula is C44H49N5O7. The highest BCUT2D eigenvalue weighted by Gasteiger charge is 2.37. The molecule has 8 rings (SSSR count). The number of pyridine rings is 1. The first-order valence-electron chi connectivity index (χ1n) is 19.4. The number of amides is 2. The highest BCUT2D eigenvalue weighted by molar-refractivity contribution is 5.94. The number of ether oxygens (including phenoxy) is 2. The van der Waals surface area contributed by atoms with E-state index in [1.165, 1.54) is 12.1 Å². The first-order valence-corrected chi connectivity index (χ1v) is 19.4. The fourth-order valence-electron chi connectivity index (χ4n) is 7.67. The van der Waals surface area contributed by atoms with Crippen molar-refractivity contribution in [3.8, 4) is 11.5 Å². The van der Waals surface area contributed by atoms with Crippen LogP contribution in [-0.4, -0.2) is 77.5 Å². The van der Waals surface area contributed by atoms with Gasteiger partial charge in [0.1, 0.15) is 24.2 Å². The summed E-state index contributed by atoms with van der Waals surface area (Å²) in [5.41, 5.74) is 3.77. The van der Waals surface area contributed by atoms with Crippen LogP contribution in [0.3, 0.4) is 0 Å². The predicted molar refractivity (Wildman–Crippen MR) is 214 cm³/mol. The van der Waals surface area contributed by atoms with Crippen LogP contribution in [-0.2, 0) is 11.3 Å². The molecule has 4 aromatic carbocycles. The summed E-state index contributed by atoms with van der Waals surface area (Å²) in [5.74, 6) is 0.837. The van der Waals surface area contributed by atoms with Crippen LogP contribution in [0.25, 0.3) is 10.9 Å². The Kier molecular flexibility index (Phi) is 12.6. The molecule has 2 amide bonds. The van der Waals surface area contributed by atoms with E-state index in [-0.39, 0.29) is 29.9 Å². The van der Waals surface area contributed by atoms with Crippen molar-refractivity contribution in [2.75, 3.05) is 39.3 Å². The molecule has 56 heavy (non-hydrogen) atoms. The van der Waals surface area contributed by atoms with Gasteiger partial charge in [0.05, 0.1) is 17.7 Å². The number of phenolic OH excluding ortho intramolecular Hbond substituents is 1. The van der Waals surface area contributed by atoms with Gasteiger partial charge in [-0.25, -0.2) is 4.79 Å². The molecule has 3 aliphatic heterocycles. The molecule has 3 aliphatic rings. The van der Waals surface area contributed by atoms with E-state index in [9.17, 15) is 24.6 Å². The van der Waals surface area contributed by atoms with Crippen molar-refractivity contribution in [3.63, 3.8) is 0 Å². The maximum absolute atomic E-state index is 13.2. The Morgan fingerprint density at radius 3 is 2.46 bits per heavy atom. The van der Waals surface area contributed by atoms with Gasteiger partial charge < -0.3 is 40.6 Å². The predicted octanol–water partition coefficient (Wildman–Crippen LogP) is 5.56. The molecule has 2 bridgehead atoms. The number of benzene rings is 4.